The lowest BCUT2D eigenvalue weighted by molar-refractivity contribution is 0.0703. The smallest absolute Gasteiger partial charge is 0.274 e. The summed E-state index contributed by atoms with van der Waals surface area (Å²) >= 11 is 0. The molecule has 28 heavy (non-hydrogen) atoms. The lowest BCUT2D eigenvalue weighted by Crippen LogP contribution is -2.39. The molecule has 1 aliphatic heterocycles. The average molecular weight is 377 g/mol. The summed E-state index contributed by atoms with van der Waals surface area (Å²) in [5.41, 5.74) is 5.24. The molecular formula is C22H27N5O. The van der Waals surface area contributed by atoms with Crippen LogP contribution in [0.15, 0.2) is 24.3 Å². The van der Waals surface area contributed by atoms with E-state index >= 15 is 0 Å². The van der Waals surface area contributed by atoms with Crippen molar-refractivity contribution in [3.05, 3.63) is 47.0 Å². The van der Waals surface area contributed by atoms with Crippen LogP contribution in [0.2, 0.25) is 0 Å². The maximum absolute atomic E-state index is 13.1. The molecule has 3 heterocycles. The molecule has 6 heteroatoms. The third kappa shape index (κ3) is 2.91. The topological polar surface area (TPSA) is 66.8 Å². The van der Waals surface area contributed by atoms with Crippen molar-refractivity contribution < 1.29 is 4.79 Å². The summed E-state index contributed by atoms with van der Waals surface area (Å²) in [5.74, 6) is 1.64. The number of hydrogen-bond acceptors (Lipinski definition) is 3. The molecule has 1 aromatic carbocycles. The molecule has 2 aliphatic rings. The molecule has 1 saturated heterocycles. The summed E-state index contributed by atoms with van der Waals surface area (Å²) in [6, 6.07) is 8.28. The Kier molecular flexibility index (Phi) is 4.41. The zero-order chi connectivity index (χ0) is 19.1. The van der Waals surface area contributed by atoms with Gasteiger partial charge in [0.2, 0.25) is 0 Å². The number of rotatable bonds is 2. The van der Waals surface area contributed by atoms with Gasteiger partial charge in [-0.25, -0.2) is 4.98 Å². The number of H-pyrrole nitrogens is 1. The molecule has 0 atom stereocenters. The number of benzene rings is 1. The van der Waals surface area contributed by atoms with Gasteiger partial charge in [-0.1, -0.05) is 18.6 Å². The molecule has 0 saturated carbocycles. The number of fused-ring (bicyclic) bond motifs is 2. The largest absolute Gasteiger partial charge is 0.337 e. The summed E-state index contributed by atoms with van der Waals surface area (Å²) in [4.78, 5) is 20.0. The van der Waals surface area contributed by atoms with Crippen LogP contribution in [0.3, 0.4) is 0 Å². The van der Waals surface area contributed by atoms with Gasteiger partial charge in [-0.2, -0.15) is 5.10 Å². The Morgan fingerprint density at radius 3 is 2.71 bits per heavy atom. The van der Waals surface area contributed by atoms with Gasteiger partial charge in [0.05, 0.1) is 11.0 Å². The standard InChI is InChI=1S/C22H27N5O/c1-26-19-10-6-5-9-18(19)23-21(26)15-11-13-27(14-12-15)22(28)20-16-7-3-2-4-8-17(16)24-25-20/h5-6,9-10,15H,2-4,7-8,11-14H2,1H3,(H,24,25). The van der Waals surface area contributed by atoms with E-state index in [9.17, 15) is 4.79 Å². The highest BCUT2D eigenvalue weighted by Gasteiger charge is 2.30. The molecule has 1 amide bonds. The number of imidazole rings is 1. The lowest BCUT2D eigenvalue weighted by atomic mass is 9.95. The van der Waals surface area contributed by atoms with E-state index in [4.69, 9.17) is 4.98 Å². The zero-order valence-corrected chi connectivity index (χ0v) is 16.4. The third-order valence-corrected chi connectivity index (χ3v) is 6.48. The first-order valence-electron chi connectivity index (χ1n) is 10.5. The van der Waals surface area contributed by atoms with E-state index < -0.39 is 0 Å². The van der Waals surface area contributed by atoms with Crippen LogP contribution in [0.4, 0.5) is 0 Å². The molecule has 1 aliphatic carbocycles. The fourth-order valence-electron chi connectivity index (χ4n) is 4.85. The van der Waals surface area contributed by atoms with Crippen molar-refractivity contribution in [3.63, 3.8) is 0 Å². The van der Waals surface area contributed by atoms with Crippen LogP contribution in [0, 0.1) is 0 Å². The molecule has 0 spiro atoms. The van der Waals surface area contributed by atoms with E-state index in [2.05, 4.69) is 40.0 Å². The molecule has 1 N–H and O–H groups in total. The van der Waals surface area contributed by atoms with Crippen LogP contribution in [-0.4, -0.2) is 43.6 Å². The molecule has 6 nitrogen and oxygen atoms in total. The number of nitrogens with one attached hydrogen (secondary N) is 1. The van der Waals surface area contributed by atoms with Gasteiger partial charge in [0.25, 0.3) is 5.91 Å². The number of aromatic nitrogens is 4. The van der Waals surface area contributed by atoms with Crippen LogP contribution < -0.4 is 0 Å². The predicted octanol–water partition coefficient (Wildman–Crippen LogP) is 3.59. The van der Waals surface area contributed by atoms with Crippen LogP contribution in [0.25, 0.3) is 11.0 Å². The van der Waals surface area contributed by atoms with Gasteiger partial charge in [-0.3, -0.25) is 9.89 Å². The van der Waals surface area contributed by atoms with Crippen molar-refractivity contribution in [2.24, 2.45) is 7.05 Å². The van der Waals surface area contributed by atoms with Gasteiger partial charge in [-0.15, -0.1) is 0 Å². The monoisotopic (exact) mass is 377 g/mol. The van der Waals surface area contributed by atoms with Crippen molar-refractivity contribution in [2.75, 3.05) is 13.1 Å². The SMILES string of the molecule is Cn1c(C2CCN(C(=O)c3n[nH]c4c3CCCCC4)CC2)nc2ccccc21. The molecule has 146 valence electrons. The highest BCUT2D eigenvalue weighted by Crippen LogP contribution is 2.31. The molecule has 0 unspecified atom stereocenters. The van der Waals surface area contributed by atoms with Gasteiger partial charge in [0.15, 0.2) is 5.69 Å². The van der Waals surface area contributed by atoms with Crippen molar-refractivity contribution in [1.29, 1.82) is 0 Å². The van der Waals surface area contributed by atoms with E-state index in [0.29, 0.717) is 11.6 Å². The average Bonchev–Trinajstić information content (AvgIpc) is 3.20. The van der Waals surface area contributed by atoms with E-state index in [-0.39, 0.29) is 5.91 Å². The number of amides is 1. The second kappa shape index (κ2) is 7.08. The number of piperidine rings is 1. The maximum Gasteiger partial charge on any atom is 0.274 e. The van der Waals surface area contributed by atoms with Gasteiger partial charge in [-0.05, 0) is 50.7 Å². The van der Waals surface area contributed by atoms with Gasteiger partial charge in [0, 0.05) is 37.3 Å². The highest BCUT2D eigenvalue weighted by atomic mass is 16.2. The number of carbonyl (C=O) groups excluding carboxylic acids is 1. The Bertz CT molecular complexity index is 1010. The van der Waals surface area contributed by atoms with Crippen LogP contribution in [0.5, 0.6) is 0 Å². The Labute approximate surface area is 164 Å². The van der Waals surface area contributed by atoms with Crippen LogP contribution >= 0.6 is 0 Å². The van der Waals surface area contributed by atoms with Crippen LogP contribution in [-0.2, 0) is 19.9 Å². The van der Waals surface area contributed by atoms with E-state index in [0.717, 1.165) is 56.5 Å². The normalized spacial score (nSPS) is 18.2. The molecule has 0 radical (unpaired) electrons. The predicted molar refractivity (Wildman–Crippen MR) is 108 cm³/mol. The molecule has 2 aromatic heterocycles. The first kappa shape index (κ1) is 17.5. The maximum atomic E-state index is 13.1. The first-order valence-corrected chi connectivity index (χ1v) is 10.5. The number of carbonyl (C=O) groups is 1. The second-order valence-corrected chi connectivity index (χ2v) is 8.17. The van der Waals surface area contributed by atoms with Crippen molar-refractivity contribution >= 4 is 16.9 Å². The fraction of sp³-hybridized carbons (Fsp3) is 0.500. The molecule has 5 rings (SSSR count). The number of likely N-dealkylation sites (tertiary alicyclic amines) is 1. The zero-order valence-electron chi connectivity index (χ0n) is 16.4. The van der Waals surface area contributed by atoms with E-state index in [1.54, 1.807) is 0 Å². The lowest BCUT2D eigenvalue weighted by Gasteiger charge is -2.31. The Balaban J connectivity index is 1.31. The Morgan fingerprint density at radius 2 is 1.89 bits per heavy atom. The molecule has 1 fully saturated rings. The minimum absolute atomic E-state index is 0.0999. The Morgan fingerprint density at radius 1 is 1.11 bits per heavy atom. The minimum atomic E-state index is 0.0999. The molecule has 0 bridgehead atoms. The summed E-state index contributed by atoms with van der Waals surface area (Å²) in [6.45, 7) is 1.54. The van der Waals surface area contributed by atoms with Crippen LogP contribution in [0.1, 0.15) is 65.6 Å². The van der Waals surface area contributed by atoms with Gasteiger partial charge >= 0.3 is 0 Å². The van der Waals surface area contributed by atoms with Crippen molar-refractivity contribution in [3.8, 4) is 0 Å². The fourth-order valence-corrected chi connectivity index (χ4v) is 4.85. The van der Waals surface area contributed by atoms with Gasteiger partial charge in [0.1, 0.15) is 5.82 Å². The Hall–Kier alpha value is -2.63. The number of hydrogen-bond donors (Lipinski definition) is 1. The van der Waals surface area contributed by atoms with Crippen molar-refractivity contribution in [1.82, 2.24) is 24.6 Å². The number of aromatic amines is 1. The first-order chi connectivity index (χ1) is 13.7. The third-order valence-electron chi connectivity index (χ3n) is 6.48. The summed E-state index contributed by atoms with van der Waals surface area (Å²) < 4.78 is 2.21. The quantitative estimate of drug-likeness (QED) is 0.694. The van der Waals surface area contributed by atoms with Crippen molar-refractivity contribution in [2.45, 2.75) is 50.9 Å². The second-order valence-electron chi connectivity index (χ2n) is 8.17. The number of para-hydroxylation sites is 2. The highest BCUT2D eigenvalue weighted by molar-refractivity contribution is 5.94. The summed E-state index contributed by atoms with van der Waals surface area (Å²) in [7, 11) is 2.10. The molecular weight excluding hydrogens is 350 g/mol. The van der Waals surface area contributed by atoms with Gasteiger partial charge < -0.3 is 9.47 Å². The summed E-state index contributed by atoms with van der Waals surface area (Å²) in [6.07, 6.45) is 7.48. The number of aryl methyl sites for hydroxylation is 2. The van der Waals surface area contributed by atoms with E-state index in [1.807, 2.05) is 11.0 Å². The summed E-state index contributed by atoms with van der Waals surface area (Å²) in [5, 5.41) is 7.53. The molecule has 3 aromatic rings. The van der Waals surface area contributed by atoms with E-state index in [1.165, 1.54) is 29.6 Å². The minimum Gasteiger partial charge on any atom is -0.337 e. The number of nitrogens with zero attached hydrogens (tertiary/aromatic N) is 4.